The molecule has 0 saturated carbocycles. The minimum atomic E-state index is 0.173. The number of terminal acetylenes is 1. The molecule has 0 bridgehead atoms. The van der Waals surface area contributed by atoms with Crippen LogP contribution in [0, 0.1) is 29.1 Å². The van der Waals surface area contributed by atoms with E-state index in [1.165, 1.54) is 0 Å². The van der Waals surface area contributed by atoms with Gasteiger partial charge in [0.2, 0.25) is 0 Å². The molecule has 0 atom stereocenters. The fraction of sp³-hybridized carbons (Fsp3) is 0.700. The van der Waals surface area contributed by atoms with E-state index in [9.17, 15) is 0 Å². The molecule has 12 heavy (non-hydrogen) atoms. The fourth-order valence-electron chi connectivity index (χ4n) is 0.956. The molecule has 0 unspecified atom stereocenters. The standard InChI is InChI=1S/C10H16N2/c1-4-8-12-9-10(2,3)6-5-7-11/h1,12H,5-6,8-9H2,2-3H3. The Kier molecular flexibility index (Phi) is 5.17. The summed E-state index contributed by atoms with van der Waals surface area (Å²) in [6.45, 7) is 5.75. The zero-order chi connectivity index (χ0) is 9.45. The average molecular weight is 164 g/mol. The third-order valence-electron chi connectivity index (χ3n) is 1.74. The van der Waals surface area contributed by atoms with E-state index in [4.69, 9.17) is 11.7 Å². The number of nitrogens with zero attached hydrogens (tertiary/aromatic N) is 1. The first-order chi connectivity index (χ1) is 5.62. The van der Waals surface area contributed by atoms with Crippen molar-refractivity contribution in [2.75, 3.05) is 13.1 Å². The second-order valence-corrected chi connectivity index (χ2v) is 3.63. The number of hydrogen-bond donors (Lipinski definition) is 1. The van der Waals surface area contributed by atoms with Crippen LogP contribution in [0.5, 0.6) is 0 Å². The lowest BCUT2D eigenvalue weighted by molar-refractivity contribution is 0.324. The van der Waals surface area contributed by atoms with Gasteiger partial charge in [-0.3, -0.25) is 0 Å². The zero-order valence-electron chi connectivity index (χ0n) is 7.85. The quantitative estimate of drug-likeness (QED) is 0.494. The number of nitrogens with one attached hydrogen (secondary N) is 1. The molecule has 0 aliphatic rings. The van der Waals surface area contributed by atoms with Gasteiger partial charge >= 0.3 is 0 Å². The molecule has 0 saturated heterocycles. The summed E-state index contributed by atoms with van der Waals surface area (Å²) in [5.74, 6) is 2.52. The third-order valence-corrected chi connectivity index (χ3v) is 1.74. The first kappa shape index (κ1) is 11.0. The molecule has 0 aromatic heterocycles. The lowest BCUT2D eigenvalue weighted by atomic mass is 9.88. The summed E-state index contributed by atoms with van der Waals surface area (Å²) in [5, 5.41) is 11.5. The van der Waals surface area contributed by atoms with Crippen LogP contribution in [0.2, 0.25) is 0 Å². The van der Waals surface area contributed by atoms with Gasteiger partial charge in [-0.2, -0.15) is 5.26 Å². The lowest BCUT2D eigenvalue weighted by Crippen LogP contribution is -2.29. The van der Waals surface area contributed by atoms with Crippen LogP contribution in [-0.4, -0.2) is 13.1 Å². The van der Waals surface area contributed by atoms with Gasteiger partial charge in [-0.15, -0.1) is 6.42 Å². The predicted molar refractivity (Wildman–Crippen MR) is 50.3 cm³/mol. The van der Waals surface area contributed by atoms with Crippen molar-refractivity contribution >= 4 is 0 Å². The fourth-order valence-corrected chi connectivity index (χ4v) is 0.956. The zero-order valence-corrected chi connectivity index (χ0v) is 7.85. The normalized spacial score (nSPS) is 10.3. The van der Waals surface area contributed by atoms with Gasteiger partial charge in [-0.05, 0) is 11.8 Å². The Balaban J connectivity index is 3.59. The van der Waals surface area contributed by atoms with Crippen LogP contribution in [0.1, 0.15) is 26.7 Å². The maximum atomic E-state index is 8.40. The van der Waals surface area contributed by atoms with Crippen molar-refractivity contribution in [3.05, 3.63) is 0 Å². The van der Waals surface area contributed by atoms with E-state index in [2.05, 4.69) is 31.2 Å². The Morgan fingerprint density at radius 2 is 2.17 bits per heavy atom. The van der Waals surface area contributed by atoms with Crippen molar-refractivity contribution in [2.45, 2.75) is 26.7 Å². The summed E-state index contributed by atoms with van der Waals surface area (Å²) in [7, 11) is 0. The lowest BCUT2D eigenvalue weighted by Gasteiger charge is -2.23. The highest BCUT2D eigenvalue weighted by molar-refractivity contribution is 4.88. The smallest absolute Gasteiger partial charge is 0.0621 e. The second kappa shape index (κ2) is 5.63. The van der Waals surface area contributed by atoms with Crippen LogP contribution >= 0.6 is 0 Å². The molecule has 0 amide bonds. The first-order valence-corrected chi connectivity index (χ1v) is 4.13. The Morgan fingerprint density at radius 3 is 2.67 bits per heavy atom. The highest BCUT2D eigenvalue weighted by atomic mass is 14.9. The van der Waals surface area contributed by atoms with Crippen molar-refractivity contribution in [1.29, 1.82) is 5.26 Å². The summed E-state index contributed by atoms with van der Waals surface area (Å²) in [6.07, 6.45) is 6.63. The summed E-state index contributed by atoms with van der Waals surface area (Å²) in [6, 6.07) is 2.15. The monoisotopic (exact) mass is 164 g/mol. The molecule has 0 spiro atoms. The highest BCUT2D eigenvalue weighted by Gasteiger charge is 2.15. The Morgan fingerprint density at radius 1 is 1.50 bits per heavy atom. The second-order valence-electron chi connectivity index (χ2n) is 3.63. The molecule has 0 radical (unpaired) electrons. The Bertz CT molecular complexity index is 193. The minimum Gasteiger partial charge on any atom is -0.306 e. The first-order valence-electron chi connectivity index (χ1n) is 4.13. The maximum Gasteiger partial charge on any atom is 0.0621 e. The van der Waals surface area contributed by atoms with E-state index in [0.717, 1.165) is 13.0 Å². The molecule has 0 rings (SSSR count). The van der Waals surface area contributed by atoms with E-state index in [-0.39, 0.29) is 5.41 Å². The number of rotatable bonds is 5. The van der Waals surface area contributed by atoms with Gasteiger partial charge < -0.3 is 5.32 Å². The topological polar surface area (TPSA) is 35.8 Å². The molecule has 2 heteroatoms. The molecule has 1 N–H and O–H groups in total. The predicted octanol–water partition coefficient (Wildman–Crippen LogP) is 1.54. The van der Waals surface area contributed by atoms with E-state index in [1.807, 2.05) is 0 Å². The molecule has 0 heterocycles. The van der Waals surface area contributed by atoms with E-state index >= 15 is 0 Å². The van der Waals surface area contributed by atoms with Crippen LogP contribution < -0.4 is 5.32 Å². The molecule has 0 aliphatic heterocycles. The van der Waals surface area contributed by atoms with Gasteiger partial charge in [0.05, 0.1) is 12.6 Å². The molecular formula is C10H16N2. The van der Waals surface area contributed by atoms with Crippen molar-refractivity contribution in [3.63, 3.8) is 0 Å². The summed E-state index contributed by atoms with van der Waals surface area (Å²) in [4.78, 5) is 0. The molecule has 2 nitrogen and oxygen atoms in total. The average Bonchev–Trinajstić information content (AvgIpc) is 2.01. The molecule has 0 aliphatic carbocycles. The van der Waals surface area contributed by atoms with Gasteiger partial charge in [0.15, 0.2) is 0 Å². The summed E-state index contributed by atoms with van der Waals surface area (Å²) < 4.78 is 0. The van der Waals surface area contributed by atoms with Crippen LogP contribution in [0.4, 0.5) is 0 Å². The van der Waals surface area contributed by atoms with Gasteiger partial charge in [0.25, 0.3) is 0 Å². The van der Waals surface area contributed by atoms with Crippen molar-refractivity contribution in [3.8, 4) is 18.4 Å². The Hall–Kier alpha value is -0.990. The molecular weight excluding hydrogens is 148 g/mol. The van der Waals surface area contributed by atoms with Crippen molar-refractivity contribution in [2.24, 2.45) is 5.41 Å². The van der Waals surface area contributed by atoms with Gasteiger partial charge in [-0.25, -0.2) is 0 Å². The third kappa shape index (κ3) is 5.77. The van der Waals surface area contributed by atoms with Crippen LogP contribution in [0.15, 0.2) is 0 Å². The van der Waals surface area contributed by atoms with Crippen LogP contribution in [0.3, 0.4) is 0 Å². The largest absolute Gasteiger partial charge is 0.306 e. The Labute approximate surface area is 75.0 Å². The SMILES string of the molecule is C#CCNCC(C)(C)CCC#N. The van der Waals surface area contributed by atoms with Crippen LogP contribution in [-0.2, 0) is 0 Å². The van der Waals surface area contributed by atoms with E-state index in [1.54, 1.807) is 0 Å². The molecule has 0 aromatic carbocycles. The minimum absolute atomic E-state index is 0.173. The number of hydrogen-bond acceptors (Lipinski definition) is 2. The van der Waals surface area contributed by atoms with Crippen LogP contribution in [0.25, 0.3) is 0 Å². The van der Waals surface area contributed by atoms with Crippen molar-refractivity contribution < 1.29 is 0 Å². The van der Waals surface area contributed by atoms with Gasteiger partial charge in [0, 0.05) is 13.0 Å². The molecule has 66 valence electrons. The highest BCUT2D eigenvalue weighted by Crippen LogP contribution is 2.20. The molecule has 0 aromatic rings. The summed E-state index contributed by atoms with van der Waals surface area (Å²) in [5.41, 5.74) is 0.173. The summed E-state index contributed by atoms with van der Waals surface area (Å²) >= 11 is 0. The molecule has 0 fully saturated rings. The number of nitriles is 1. The van der Waals surface area contributed by atoms with E-state index in [0.29, 0.717) is 13.0 Å². The van der Waals surface area contributed by atoms with Gasteiger partial charge in [0.1, 0.15) is 0 Å². The maximum absolute atomic E-state index is 8.40. The van der Waals surface area contributed by atoms with E-state index < -0.39 is 0 Å². The van der Waals surface area contributed by atoms with Gasteiger partial charge in [-0.1, -0.05) is 19.8 Å². The van der Waals surface area contributed by atoms with Crippen molar-refractivity contribution in [1.82, 2.24) is 5.32 Å².